The van der Waals surface area contributed by atoms with Crippen LogP contribution in [0.1, 0.15) is 421 Å². The van der Waals surface area contributed by atoms with Gasteiger partial charge in [-0.1, -0.05) is 410 Å². The fraction of sp³-hybridized carbons (Fsp3) is 0.750. The highest BCUT2D eigenvalue weighted by Gasteiger charge is 2.14. The van der Waals surface area contributed by atoms with Crippen molar-refractivity contribution in [3.63, 3.8) is 0 Å². The minimum Gasteiger partial charge on any atom is -0.493 e. The number of aliphatic hydroxyl groups excluding tert-OH is 2. The third kappa shape index (κ3) is 46.5. The fourth-order valence-corrected chi connectivity index (χ4v) is 13.3. The molecule has 6 nitrogen and oxygen atoms in total. The molecule has 3 rings (SSSR count). The second-order valence-electron chi connectivity index (χ2n) is 28.4. The zero-order valence-corrected chi connectivity index (χ0v) is 62.3. The molecule has 0 spiro atoms. The second-order valence-corrected chi connectivity index (χ2v) is 28.4. The summed E-state index contributed by atoms with van der Waals surface area (Å²) in [4.78, 5) is 0. The molecule has 538 valence electrons. The first-order chi connectivity index (χ1) is 46.6. The molecule has 0 aliphatic carbocycles. The number of hydrogen-bond donors (Lipinski definition) is 2. The highest BCUT2D eigenvalue weighted by atomic mass is 16.5. The summed E-state index contributed by atoms with van der Waals surface area (Å²) in [5, 5.41) is 21.2. The molecule has 0 fully saturated rings. The molecule has 0 bridgehead atoms. The molecule has 3 aromatic carbocycles. The van der Waals surface area contributed by atoms with Crippen molar-refractivity contribution in [3.8, 4) is 23.0 Å². The van der Waals surface area contributed by atoms with Crippen LogP contribution in [0.15, 0.2) is 48.5 Å². The van der Waals surface area contributed by atoms with Gasteiger partial charge in [0.05, 0.1) is 39.6 Å². The average molecular weight is 1300 g/mol. The monoisotopic (exact) mass is 1300 g/mol. The number of benzene rings is 3. The number of ether oxygens (including phenoxy) is 4. The molecule has 0 amide bonds. The predicted molar refractivity (Wildman–Crippen MR) is 412 cm³/mol. The third-order valence-corrected chi connectivity index (χ3v) is 19.6. The van der Waals surface area contributed by atoms with Crippen LogP contribution in [0.3, 0.4) is 0 Å². The summed E-state index contributed by atoms with van der Waals surface area (Å²) in [5.41, 5.74) is 5.70. The van der Waals surface area contributed by atoms with Gasteiger partial charge in [-0.2, -0.15) is 0 Å². The molecule has 0 unspecified atom stereocenters. The summed E-state index contributed by atoms with van der Waals surface area (Å²) in [6.07, 6.45) is 83.0. The van der Waals surface area contributed by atoms with Gasteiger partial charge >= 0.3 is 0 Å². The summed E-state index contributed by atoms with van der Waals surface area (Å²) in [7, 11) is 0. The Bertz CT molecular complexity index is 2020. The van der Waals surface area contributed by atoms with E-state index in [1.54, 1.807) is 0 Å². The Balaban J connectivity index is 1.65. The van der Waals surface area contributed by atoms with Gasteiger partial charge in [0.1, 0.15) is 23.0 Å². The second kappa shape index (κ2) is 64.0. The van der Waals surface area contributed by atoms with Crippen molar-refractivity contribution in [1.82, 2.24) is 0 Å². The van der Waals surface area contributed by atoms with Gasteiger partial charge in [0, 0.05) is 22.3 Å². The van der Waals surface area contributed by atoms with E-state index >= 15 is 0 Å². The topological polar surface area (TPSA) is 77.4 Å². The first-order valence-electron chi connectivity index (χ1n) is 41.1. The van der Waals surface area contributed by atoms with Crippen molar-refractivity contribution in [3.05, 3.63) is 81.9 Å². The van der Waals surface area contributed by atoms with Crippen LogP contribution in [0, 0.1) is 0 Å². The molecule has 0 atom stereocenters. The molecule has 0 aromatic heterocycles. The molecule has 3 aromatic rings. The van der Waals surface area contributed by atoms with E-state index in [-0.39, 0.29) is 13.2 Å². The van der Waals surface area contributed by atoms with Crippen LogP contribution >= 0.6 is 0 Å². The lowest BCUT2D eigenvalue weighted by atomic mass is 10.0. The van der Waals surface area contributed by atoms with Crippen molar-refractivity contribution < 1.29 is 29.2 Å². The van der Waals surface area contributed by atoms with Crippen molar-refractivity contribution in [2.75, 3.05) is 26.4 Å². The van der Waals surface area contributed by atoms with Gasteiger partial charge < -0.3 is 29.2 Å². The van der Waals surface area contributed by atoms with Gasteiger partial charge in [-0.25, -0.2) is 0 Å². The van der Waals surface area contributed by atoms with E-state index in [0.29, 0.717) is 26.4 Å². The lowest BCUT2D eigenvalue weighted by molar-refractivity contribution is 0.256. The van der Waals surface area contributed by atoms with Crippen molar-refractivity contribution >= 4 is 24.3 Å². The molecule has 0 aliphatic heterocycles. The van der Waals surface area contributed by atoms with Crippen LogP contribution in [0.4, 0.5) is 0 Å². The Labute approximate surface area is 582 Å². The predicted octanol–water partition coefficient (Wildman–Crippen LogP) is 28.5. The van der Waals surface area contributed by atoms with Crippen molar-refractivity contribution in [2.24, 2.45) is 0 Å². The van der Waals surface area contributed by atoms with Gasteiger partial charge in [0.15, 0.2) is 0 Å². The van der Waals surface area contributed by atoms with Gasteiger partial charge in [-0.15, -0.1) is 0 Å². The maximum absolute atomic E-state index is 10.6. The lowest BCUT2D eigenvalue weighted by Crippen LogP contribution is -2.04. The summed E-state index contributed by atoms with van der Waals surface area (Å²) in [6, 6.07) is 16.9. The maximum atomic E-state index is 10.6. The Morgan fingerprint density at radius 3 is 0.596 bits per heavy atom. The van der Waals surface area contributed by atoms with Crippen molar-refractivity contribution in [2.45, 2.75) is 400 Å². The quantitative estimate of drug-likeness (QED) is 0.0433. The molecular weight excluding hydrogens is 1150 g/mol. The number of aliphatic hydroxyl groups is 2. The Hall–Kier alpha value is -3.74. The maximum Gasteiger partial charge on any atom is 0.127 e. The van der Waals surface area contributed by atoms with Gasteiger partial charge in [0.25, 0.3) is 0 Å². The largest absolute Gasteiger partial charge is 0.493 e. The van der Waals surface area contributed by atoms with E-state index in [0.717, 1.165) is 82.1 Å². The standard InChI is InChI=1S/C88H150O6/c1-5-9-13-17-21-25-29-33-37-41-45-49-53-57-69-91-85-75-83(77-89)87(93-71-59-55-51-47-43-39-35-31-27-23-19-15-11-7-3)73-81(85)67-65-79-61-63-80(64-62-79)66-68-82-74-88(94-72-60-56-52-48-44-40-36-32-28-24-20-16-12-8-4)84(78-90)76-86(82)92-70-58-54-50-46-42-38-34-30-26-22-18-14-10-6-2/h61-68,73-76,89-90H,5-60,69-72,77-78H2,1-4H3/b67-65+,68-66+. The first-order valence-corrected chi connectivity index (χ1v) is 41.1. The average Bonchev–Trinajstić information content (AvgIpc) is 0.892. The van der Waals surface area contributed by atoms with Crippen LogP contribution in [0.2, 0.25) is 0 Å². The minimum absolute atomic E-state index is 0.0884. The summed E-state index contributed by atoms with van der Waals surface area (Å²) in [6.45, 7) is 11.6. The van der Waals surface area contributed by atoms with E-state index in [1.807, 2.05) is 12.1 Å². The fourth-order valence-electron chi connectivity index (χ4n) is 13.3. The van der Waals surface area contributed by atoms with E-state index in [2.05, 4.69) is 88.4 Å². The van der Waals surface area contributed by atoms with Gasteiger partial charge in [-0.3, -0.25) is 0 Å². The molecule has 0 saturated heterocycles. The highest BCUT2D eigenvalue weighted by Crippen LogP contribution is 2.34. The van der Waals surface area contributed by atoms with Crippen molar-refractivity contribution in [1.29, 1.82) is 0 Å². The normalized spacial score (nSPS) is 11.7. The molecule has 6 heteroatoms. The smallest absolute Gasteiger partial charge is 0.127 e. The van der Waals surface area contributed by atoms with Crippen LogP contribution in [-0.2, 0) is 13.2 Å². The zero-order chi connectivity index (χ0) is 66.9. The number of hydrogen-bond acceptors (Lipinski definition) is 6. The van der Waals surface area contributed by atoms with Crippen LogP contribution < -0.4 is 18.9 Å². The third-order valence-electron chi connectivity index (χ3n) is 19.6. The Morgan fingerprint density at radius 2 is 0.404 bits per heavy atom. The summed E-state index contributed by atoms with van der Waals surface area (Å²) < 4.78 is 26.1. The van der Waals surface area contributed by atoms with E-state index in [1.165, 1.54) is 334 Å². The number of unbranched alkanes of at least 4 members (excludes halogenated alkanes) is 52. The number of rotatable bonds is 70. The van der Waals surface area contributed by atoms with E-state index in [4.69, 9.17) is 18.9 Å². The van der Waals surface area contributed by atoms with E-state index < -0.39 is 0 Å². The zero-order valence-electron chi connectivity index (χ0n) is 62.3. The first kappa shape index (κ1) is 84.5. The van der Waals surface area contributed by atoms with Crippen LogP contribution in [-0.4, -0.2) is 36.6 Å². The van der Waals surface area contributed by atoms with Crippen LogP contribution in [0.25, 0.3) is 24.3 Å². The lowest BCUT2D eigenvalue weighted by Gasteiger charge is -2.16. The summed E-state index contributed by atoms with van der Waals surface area (Å²) in [5.74, 6) is 3.10. The molecule has 0 aliphatic rings. The Morgan fingerprint density at radius 1 is 0.223 bits per heavy atom. The molecular formula is C88H150O6. The van der Waals surface area contributed by atoms with Gasteiger partial charge in [0.2, 0.25) is 0 Å². The molecule has 0 radical (unpaired) electrons. The highest BCUT2D eigenvalue weighted by molar-refractivity contribution is 5.77. The molecule has 2 N–H and O–H groups in total. The Kier molecular flexibility index (Phi) is 57.5. The molecule has 94 heavy (non-hydrogen) atoms. The summed E-state index contributed by atoms with van der Waals surface area (Å²) >= 11 is 0. The van der Waals surface area contributed by atoms with Gasteiger partial charge in [-0.05, 0) is 61.1 Å². The molecule has 0 heterocycles. The van der Waals surface area contributed by atoms with Crippen LogP contribution in [0.5, 0.6) is 23.0 Å². The van der Waals surface area contributed by atoms with E-state index in [9.17, 15) is 10.2 Å². The molecule has 0 saturated carbocycles. The minimum atomic E-state index is -0.0884. The SMILES string of the molecule is CCCCCCCCCCCCCCCCOc1cc(CO)c(OCCCCCCCCCCCCCCCC)cc1/C=C/c1ccc(/C=C/c2cc(OCCCCCCCCCCCCCCCC)c(CO)cc2OCCCCCCCCCCCCCCCC)cc1.